The van der Waals surface area contributed by atoms with Crippen LogP contribution in [0.15, 0.2) is 47.1 Å². The van der Waals surface area contributed by atoms with Gasteiger partial charge in [0.15, 0.2) is 0 Å². The van der Waals surface area contributed by atoms with E-state index in [4.69, 9.17) is 20.8 Å². The molecule has 0 N–H and O–H groups in total. The SMILES string of the molecule is COCCN(Cc1ccco1)C(=O)CCc1cccc(Cl)c1. The van der Waals surface area contributed by atoms with E-state index in [1.807, 2.05) is 36.4 Å². The summed E-state index contributed by atoms with van der Waals surface area (Å²) in [6, 6.07) is 11.3. The molecule has 5 heteroatoms. The van der Waals surface area contributed by atoms with E-state index >= 15 is 0 Å². The lowest BCUT2D eigenvalue weighted by molar-refractivity contribution is -0.132. The Labute approximate surface area is 135 Å². The van der Waals surface area contributed by atoms with E-state index in [1.54, 1.807) is 18.3 Å². The van der Waals surface area contributed by atoms with E-state index in [-0.39, 0.29) is 5.91 Å². The van der Waals surface area contributed by atoms with Crippen LogP contribution in [0.1, 0.15) is 17.7 Å². The van der Waals surface area contributed by atoms with Crippen molar-refractivity contribution in [3.8, 4) is 0 Å². The quantitative estimate of drug-likeness (QED) is 0.747. The number of hydrogen-bond acceptors (Lipinski definition) is 3. The Morgan fingerprint density at radius 2 is 2.18 bits per heavy atom. The Morgan fingerprint density at radius 3 is 2.86 bits per heavy atom. The number of hydrogen-bond donors (Lipinski definition) is 0. The van der Waals surface area contributed by atoms with E-state index in [0.717, 1.165) is 11.3 Å². The number of furan rings is 1. The van der Waals surface area contributed by atoms with Gasteiger partial charge >= 0.3 is 0 Å². The van der Waals surface area contributed by atoms with Crippen molar-refractivity contribution in [1.82, 2.24) is 4.90 Å². The zero-order valence-electron chi connectivity index (χ0n) is 12.6. The van der Waals surface area contributed by atoms with Gasteiger partial charge in [0.05, 0.1) is 19.4 Å². The molecule has 1 aromatic carbocycles. The van der Waals surface area contributed by atoms with Crippen molar-refractivity contribution in [2.75, 3.05) is 20.3 Å². The van der Waals surface area contributed by atoms with Crippen molar-refractivity contribution in [3.63, 3.8) is 0 Å². The fraction of sp³-hybridized carbons (Fsp3) is 0.353. The van der Waals surface area contributed by atoms with Crippen LogP contribution in [-0.4, -0.2) is 31.1 Å². The van der Waals surface area contributed by atoms with E-state index in [0.29, 0.717) is 37.6 Å². The maximum absolute atomic E-state index is 12.4. The number of benzene rings is 1. The molecule has 0 saturated carbocycles. The predicted octanol–water partition coefficient (Wildman–Crippen LogP) is 3.54. The second-order valence-corrected chi connectivity index (χ2v) is 5.45. The van der Waals surface area contributed by atoms with Crippen molar-refractivity contribution in [3.05, 3.63) is 59.0 Å². The molecule has 2 aromatic rings. The van der Waals surface area contributed by atoms with Crippen molar-refractivity contribution in [2.24, 2.45) is 0 Å². The van der Waals surface area contributed by atoms with Crippen LogP contribution in [-0.2, 0) is 22.5 Å². The summed E-state index contributed by atoms with van der Waals surface area (Å²) in [4.78, 5) is 14.2. The Hall–Kier alpha value is -1.78. The monoisotopic (exact) mass is 321 g/mol. The molecule has 2 rings (SSSR count). The lowest BCUT2D eigenvalue weighted by Gasteiger charge is -2.21. The molecule has 0 spiro atoms. The fourth-order valence-electron chi connectivity index (χ4n) is 2.19. The van der Waals surface area contributed by atoms with Crippen LogP contribution >= 0.6 is 11.6 Å². The first-order valence-electron chi connectivity index (χ1n) is 7.22. The Bertz CT molecular complexity index is 583. The molecule has 118 valence electrons. The first-order valence-corrected chi connectivity index (χ1v) is 7.60. The van der Waals surface area contributed by atoms with Crippen LogP contribution in [0.4, 0.5) is 0 Å². The summed E-state index contributed by atoms with van der Waals surface area (Å²) < 4.78 is 10.4. The van der Waals surface area contributed by atoms with Crippen LogP contribution in [0.5, 0.6) is 0 Å². The lowest BCUT2D eigenvalue weighted by Crippen LogP contribution is -2.33. The van der Waals surface area contributed by atoms with Crippen molar-refractivity contribution < 1.29 is 13.9 Å². The van der Waals surface area contributed by atoms with Crippen molar-refractivity contribution in [2.45, 2.75) is 19.4 Å². The molecule has 1 aromatic heterocycles. The third kappa shape index (κ3) is 5.20. The molecule has 0 bridgehead atoms. The van der Waals surface area contributed by atoms with Gasteiger partial charge in [-0.05, 0) is 36.2 Å². The molecule has 0 aliphatic heterocycles. The number of rotatable bonds is 8. The molecule has 1 amide bonds. The highest BCUT2D eigenvalue weighted by molar-refractivity contribution is 6.30. The summed E-state index contributed by atoms with van der Waals surface area (Å²) in [6.07, 6.45) is 2.71. The molecule has 4 nitrogen and oxygen atoms in total. The Balaban J connectivity index is 1.92. The third-order valence-electron chi connectivity index (χ3n) is 3.36. The third-order valence-corrected chi connectivity index (χ3v) is 3.60. The van der Waals surface area contributed by atoms with E-state index in [1.165, 1.54) is 0 Å². The minimum atomic E-state index is 0.0772. The highest BCUT2D eigenvalue weighted by Crippen LogP contribution is 2.13. The number of carbonyl (C=O) groups is 1. The number of halogens is 1. The minimum Gasteiger partial charge on any atom is -0.467 e. The van der Waals surface area contributed by atoms with Crippen molar-refractivity contribution >= 4 is 17.5 Å². The second kappa shape index (κ2) is 8.61. The summed E-state index contributed by atoms with van der Waals surface area (Å²) in [7, 11) is 1.63. The van der Waals surface area contributed by atoms with Crippen LogP contribution in [0, 0.1) is 0 Å². The second-order valence-electron chi connectivity index (χ2n) is 5.02. The van der Waals surface area contributed by atoms with Gasteiger partial charge in [0.1, 0.15) is 5.76 Å². The Morgan fingerprint density at radius 1 is 1.32 bits per heavy atom. The van der Waals surface area contributed by atoms with Crippen LogP contribution in [0.25, 0.3) is 0 Å². The average molecular weight is 322 g/mol. The molecule has 0 aliphatic rings. The van der Waals surface area contributed by atoms with Gasteiger partial charge in [0.2, 0.25) is 5.91 Å². The molecule has 0 saturated heterocycles. The lowest BCUT2D eigenvalue weighted by atomic mass is 10.1. The summed E-state index contributed by atoms with van der Waals surface area (Å²) in [6.45, 7) is 1.51. The first-order chi connectivity index (χ1) is 10.7. The average Bonchev–Trinajstić information content (AvgIpc) is 3.02. The summed E-state index contributed by atoms with van der Waals surface area (Å²) in [5.41, 5.74) is 1.06. The summed E-state index contributed by atoms with van der Waals surface area (Å²) >= 11 is 5.96. The van der Waals surface area contributed by atoms with Gasteiger partial charge in [-0.2, -0.15) is 0 Å². The molecule has 22 heavy (non-hydrogen) atoms. The van der Waals surface area contributed by atoms with Gasteiger partial charge in [-0.1, -0.05) is 23.7 Å². The smallest absolute Gasteiger partial charge is 0.223 e. The largest absolute Gasteiger partial charge is 0.467 e. The zero-order valence-corrected chi connectivity index (χ0v) is 13.4. The molecule has 0 radical (unpaired) electrons. The number of methoxy groups -OCH3 is 1. The molecule has 1 heterocycles. The van der Waals surface area contributed by atoms with Crippen LogP contribution < -0.4 is 0 Å². The molecule has 0 fully saturated rings. The topological polar surface area (TPSA) is 42.7 Å². The molecule has 0 unspecified atom stereocenters. The summed E-state index contributed by atoms with van der Waals surface area (Å²) in [5.74, 6) is 0.848. The van der Waals surface area contributed by atoms with Crippen LogP contribution in [0.2, 0.25) is 5.02 Å². The number of nitrogens with zero attached hydrogens (tertiary/aromatic N) is 1. The van der Waals surface area contributed by atoms with Gasteiger partial charge < -0.3 is 14.1 Å². The maximum atomic E-state index is 12.4. The van der Waals surface area contributed by atoms with Crippen LogP contribution in [0.3, 0.4) is 0 Å². The summed E-state index contributed by atoms with van der Waals surface area (Å²) in [5, 5.41) is 0.691. The van der Waals surface area contributed by atoms with Gasteiger partial charge in [-0.15, -0.1) is 0 Å². The zero-order chi connectivity index (χ0) is 15.8. The molecule has 0 aliphatic carbocycles. The standard InChI is InChI=1S/C17H20ClNO3/c1-21-11-9-19(13-16-6-3-10-22-16)17(20)8-7-14-4-2-5-15(18)12-14/h2-6,10,12H,7-9,11,13H2,1H3. The number of aryl methyl sites for hydroxylation is 1. The van der Waals surface area contributed by atoms with E-state index < -0.39 is 0 Å². The van der Waals surface area contributed by atoms with Gasteiger partial charge in [-0.25, -0.2) is 0 Å². The van der Waals surface area contributed by atoms with Crippen molar-refractivity contribution in [1.29, 1.82) is 0 Å². The molecule has 0 atom stereocenters. The number of ether oxygens (including phenoxy) is 1. The molecular formula is C17H20ClNO3. The van der Waals surface area contributed by atoms with Gasteiger partial charge in [-0.3, -0.25) is 4.79 Å². The number of amides is 1. The minimum absolute atomic E-state index is 0.0772. The normalized spacial score (nSPS) is 10.6. The maximum Gasteiger partial charge on any atom is 0.223 e. The Kier molecular flexibility index (Phi) is 6.49. The predicted molar refractivity (Wildman–Crippen MR) is 85.8 cm³/mol. The highest BCUT2D eigenvalue weighted by atomic mass is 35.5. The highest BCUT2D eigenvalue weighted by Gasteiger charge is 2.15. The fourth-order valence-corrected chi connectivity index (χ4v) is 2.40. The number of carbonyl (C=O) groups excluding carboxylic acids is 1. The van der Waals surface area contributed by atoms with Gasteiger partial charge in [0.25, 0.3) is 0 Å². The van der Waals surface area contributed by atoms with E-state index in [2.05, 4.69) is 0 Å². The van der Waals surface area contributed by atoms with E-state index in [9.17, 15) is 4.79 Å². The first kappa shape index (κ1) is 16.6. The molecular weight excluding hydrogens is 302 g/mol. The van der Waals surface area contributed by atoms with Gasteiger partial charge in [0, 0.05) is 25.1 Å².